The third-order valence-corrected chi connectivity index (χ3v) is 2.70. The Labute approximate surface area is 106 Å². The molecule has 0 atom stereocenters. The lowest BCUT2D eigenvalue weighted by Crippen LogP contribution is -2.35. The van der Waals surface area contributed by atoms with Gasteiger partial charge in [-0.1, -0.05) is 18.2 Å². The molecule has 4 heteroatoms. The maximum Gasteiger partial charge on any atom is 0.145 e. The zero-order valence-electron chi connectivity index (χ0n) is 10.4. The van der Waals surface area contributed by atoms with Gasteiger partial charge in [-0.25, -0.2) is 4.98 Å². The number of anilines is 1. The van der Waals surface area contributed by atoms with E-state index in [1.807, 2.05) is 38.1 Å². The molecule has 0 aliphatic carbocycles. The molecule has 0 spiro atoms. The summed E-state index contributed by atoms with van der Waals surface area (Å²) in [6, 6.07) is 11.6. The van der Waals surface area contributed by atoms with Crippen molar-refractivity contribution in [2.24, 2.45) is 0 Å². The number of pyridine rings is 1. The Kier molecular flexibility index (Phi) is 3.17. The number of nitrogens with one attached hydrogen (secondary N) is 1. The van der Waals surface area contributed by atoms with Crippen LogP contribution in [0.5, 0.6) is 0 Å². The topological polar surface area (TPSA) is 68.9 Å². The van der Waals surface area contributed by atoms with Crippen LogP contribution in [0.4, 0.5) is 5.82 Å². The van der Waals surface area contributed by atoms with Crippen LogP contribution in [0.25, 0.3) is 10.9 Å². The molecule has 0 saturated heterocycles. The molecule has 2 rings (SSSR count). The fraction of sp³-hybridized carbons (Fsp3) is 0.286. The second-order valence-electron chi connectivity index (χ2n) is 4.86. The minimum Gasteiger partial charge on any atom is -0.394 e. The molecular formula is C14H15N3O. The predicted molar refractivity (Wildman–Crippen MR) is 71.2 cm³/mol. The molecule has 4 nitrogen and oxygen atoms in total. The summed E-state index contributed by atoms with van der Waals surface area (Å²) in [5.41, 5.74) is 0.795. The number of aliphatic hydroxyl groups is 1. The summed E-state index contributed by atoms with van der Waals surface area (Å²) in [4.78, 5) is 4.43. The van der Waals surface area contributed by atoms with Crippen molar-refractivity contribution >= 4 is 16.7 Å². The summed E-state index contributed by atoms with van der Waals surface area (Å²) >= 11 is 0. The van der Waals surface area contributed by atoms with Crippen molar-refractivity contribution in [3.8, 4) is 6.07 Å². The van der Waals surface area contributed by atoms with Gasteiger partial charge in [-0.05, 0) is 26.0 Å². The minimum atomic E-state index is -0.513. The van der Waals surface area contributed by atoms with Crippen molar-refractivity contribution < 1.29 is 5.11 Å². The molecule has 0 fully saturated rings. The molecular weight excluding hydrogens is 226 g/mol. The molecule has 1 heterocycles. The van der Waals surface area contributed by atoms with Crippen molar-refractivity contribution in [1.82, 2.24) is 4.98 Å². The summed E-state index contributed by atoms with van der Waals surface area (Å²) in [5.74, 6) is 0.509. The Morgan fingerprint density at radius 2 is 2.11 bits per heavy atom. The lowest BCUT2D eigenvalue weighted by molar-refractivity contribution is 0.234. The van der Waals surface area contributed by atoms with Gasteiger partial charge in [0.05, 0.1) is 23.2 Å². The van der Waals surface area contributed by atoms with Crippen LogP contribution in [0.2, 0.25) is 0 Å². The van der Waals surface area contributed by atoms with Gasteiger partial charge < -0.3 is 10.4 Å². The van der Waals surface area contributed by atoms with Gasteiger partial charge in [0.25, 0.3) is 0 Å². The molecule has 0 saturated carbocycles. The maximum atomic E-state index is 9.26. The lowest BCUT2D eigenvalue weighted by atomic mass is 10.1. The van der Waals surface area contributed by atoms with Crippen LogP contribution in [0.3, 0.4) is 0 Å². The minimum absolute atomic E-state index is 0.0353. The second-order valence-corrected chi connectivity index (χ2v) is 4.86. The van der Waals surface area contributed by atoms with E-state index in [1.54, 1.807) is 6.07 Å². The monoisotopic (exact) mass is 241 g/mol. The van der Waals surface area contributed by atoms with Crippen molar-refractivity contribution in [2.75, 3.05) is 11.9 Å². The van der Waals surface area contributed by atoms with Gasteiger partial charge in [-0.2, -0.15) is 5.26 Å². The van der Waals surface area contributed by atoms with E-state index < -0.39 is 5.54 Å². The summed E-state index contributed by atoms with van der Waals surface area (Å²) < 4.78 is 0. The molecule has 0 aliphatic rings. The van der Waals surface area contributed by atoms with Crippen molar-refractivity contribution in [2.45, 2.75) is 19.4 Å². The molecule has 0 aliphatic heterocycles. The highest BCUT2D eigenvalue weighted by Crippen LogP contribution is 2.22. The first kappa shape index (κ1) is 12.3. The number of aliphatic hydroxyl groups excluding tert-OH is 1. The number of benzene rings is 1. The van der Waals surface area contributed by atoms with Gasteiger partial charge in [0.1, 0.15) is 11.9 Å². The van der Waals surface area contributed by atoms with E-state index in [2.05, 4.69) is 16.4 Å². The van der Waals surface area contributed by atoms with Gasteiger partial charge >= 0.3 is 0 Å². The van der Waals surface area contributed by atoms with Gasteiger partial charge in [0.2, 0.25) is 0 Å². The van der Waals surface area contributed by atoms with Crippen LogP contribution in [0.15, 0.2) is 30.3 Å². The molecule has 2 N–H and O–H groups in total. The standard InChI is InChI=1S/C14H15N3O/c1-14(2,9-18)17-13-11(8-15)7-10-5-3-4-6-12(10)16-13/h3-7,18H,9H2,1-2H3,(H,16,17). The number of para-hydroxylation sites is 1. The van der Waals surface area contributed by atoms with E-state index in [9.17, 15) is 5.11 Å². The van der Waals surface area contributed by atoms with E-state index in [4.69, 9.17) is 5.26 Å². The lowest BCUT2D eigenvalue weighted by Gasteiger charge is -2.24. The second kappa shape index (κ2) is 4.63. The normalized spacial score (nSPS) is 11.2. The fourth-order valence-electron chi connectivity index (χ4n) is 1.66. The van der Waals surface area contributed by atoms with Gasteiger partial charge in [0, 0.05) is 5.39 Å². The quantitative estimate of drug-likeness (QED) is 0.865. The number of nitriles is 1. The largest absolute Gasteiger partial charge is 0.394 e. The van der Waals surface area contributed by atoms with Gasteiger partial charge in [-0.15, -0.1) is 0 Å². The number of nitrogens with zero attached hydrogens (tertiary/aromatic N) is 2. The number of rotatable bonds is 3. The first-order valence-corrected chi connectivity index (χ1v) is 5.75. The van der Waals surface area contributed by atoms with E-state index in [-0.39, 0.29) is 6.61 Å². The average Bonchev–Trinajstić information content (AvgIpc) is 2.37. The zero-order valence-corrected chi connectivity index (χ0v) is 10.4. The highest BCUT2D eigenvalue weighted by Gasteiger charge is 2.18. The Bertz CT molecular complexity index is 614. The molecule has 1 aromatic carbocycles. The van der Waals surface area contributed by atoms with E-state index in [0.29, 0.717) is 11.4 Å². The third-order valence-electron chi connectivity index (χ3n) is 2.70. The Balaban J connectivity index is 2.53. The van der Waals surface area contributed by atoms with E-state index in [1.165, 1.54) is 0 Å². The van der Waals surface area contributed by atoms with Crippen molar-refractivity contribution in [1.29, 1.82) is 5.26 Å². The summed E-state index contributed by atoms with van der Waals surface area (Å²) in [6.07, 6.45) is 0. The molecule has 92 valence electrons. The summed E-state index contributed by atoms with van der Waals surface area (Å²) in [7, 11) is 0. The molecule has 0 radical (unpaired) electrons. The van der Waals surface area contributed by atoms with Crippen LogP contribution < -0.4 is 5.32 Å². The summed E-state index contributed by atoms with van der Waals surface area (Å²) in [5, 5.41) is 22.4. The Hall–Kier alpha value is -2.12. The maximum absolute atomic E-state index is 9.26. The number of aromatic nitrogens is 1. The van der Waals surface area contributed by atoms with Crippen molar-refractivity contribution in [3.63, 3.8) is 0 Å². The first-order chi connectivity index (χ1) is 8.55. The SMILES string of the molecule is CC(C)(CO)Nc1nc2ccccc2cc1C#N. The molecule has 2 aromatic rings. The third kappa shape index (κ3) is 2.41. The Morgan fingerprint density at radius 3 is 2.78 bits per heavy atom. The van der Waals surface area contributed by atoms with Crippen LogP contribution in [0.1, 0.15) is 19.4 Å². The highest BCUT2D eigenvalue weighted by molar-refractivity contribution is 5.82. The molecule has 1 aromatic heterocycles. The molecule has 18 heavy (non-hydrogen) atoms. The van der Waals surface area contributed by atoms with E-state index in [0.717, 1.165) is 10.9 Å². The Morgan fingerprint density at radius 1 is 1.39 bits per heavy atom. The fourth-order valence-corrected chi connectivity index (χ4v) is 1.66. The van der Waals surface area contributed by atoms with E-state index >= 15 is 0 Å². The molecule has 0 unspecified atom stereocenters. The number of hydrogen-bond donors (Lipinski definition) is 2. The molecule has 0 amide bonds. The predicted octanol–water partition coefficient (Wildman–Crippen LogP) is 2.29. The van der Waals surface area contributed by atoms with Crippen LogP contribution >= 0.6 is 0 Å². The van der Waals surface area contributed by atoms with Gasteiger partial charge in [-0.3, -0.25) is 0 Å². The number of fused-ring (bicyclic) bond motifs is 1. The smallest absolute Gasteiger partial charge is 0.145 e. The first-order valence-electron chi connectivity index (χ1n) is 5.75. The highest BCUT2D eigenvalue weighted by atomic mass is 16.3. The number of hydrogen-bond acceptors (Lipinski definition) is 4. The summed E-state index contributed by atoms with van der Waals surface area (Å²) in [6.45, 7) is 3.67. The zero-order chi connectivity index (χ0) is 13.2. The average molecular weight is 241 g/mol. The van der Waals surface area contributed by atoms with Crippen molar-refractivity contribution in [3.05, 3.63) is 35.9 Å². The van der Waals surface area contributed by atoms with Crippen LogP contribution in [0, 0.1) is 11.3 Å². The van der Waals surface area contributed by atoms with Crippen LogP contribution in [-0.4, -0.2) is 22.2 Å². The van der Waals surface area contributed by atoms with Gasteiger partial charge in [0.15, 0.2) is 0 Å². The molecule has 0 bridgehead atoms. The van der Waals surface area contributed by atoms with Crippen LogP contribution in [-0.2, 0) is 0 Å².